The van der Waals surface area contributed by atoms with Crippen LogP contribution in [-0.2, 0) is 13.1 Å². The predicted octanol–water partition coefficient (Wildman–Crippen LogP) is 1.75. The van der Waals surface area contributed by atoms with E-state index < -0.39 is 0 Å². The third-order valence-corrected chi connectivity index (χ3v) is 3.69. The third kappa shape index (κ3) is 4.56. The van der Waals surface area contributed by atoms with Gasteiger partial charge < -0.3 is 5.32 Å². The molecule has 1 fully saturated rings. The van der Waals surface area contributed by atoms with Gasteiger partial charge in [0, 0.05) is 32.2 Å². The maximum atomic E-state index is 4.44. The maximum Gasteiger partial charge on any atom is 0.141 e. The summed E-state index contributed by atoms with van der Waals surface area (Å²) in [6.07, 6.45) is 2.93. The number of rotatable bonds is 6. The van der Waals surface area contributed by atoms with E-state index in [1.165, 1.54) is 6.42 Å². The summed E-state index contributed by atoms with van der Waals surface area (Å²) in [5.41, 5.74) is 0. The summed E-state index contributed by atoms with van der Waals surface area (Å²) in [7, 11) is 0. The highest BCUT2D eigenvalue weighted by molar-refractivity contribution is 4.88. The largest absolute Gasteiger partial charge is 0.311 e. The Kier molecular flexibility index (Phi) is 5.54. The van der Waals surface area contributed by atoms with Crippen LogP contribution < -0.4 is 5.32 Å². The van der Waals surface area contributed by atoms with Crippen molar-refractivity contribution in [2.24, 2.45) is 11.8 Å². The Morgan fingerprint density at radius 2 is 2.10 bits per heavy atom. The van der Waals surface area contributed by atoms with Crippen molar-refractivity contribution in [3.63, 3.8) is 0 Å². The van der Waals surface area contributed by atoms with Crippen LogP contribution in [0, 0.1) is 11.8 Å². The van der Waals surface area contributed by atoms with Crippen LogP contribution in [0.2, 0.25) is 0 Å². The Labute approximate surface area is 122 Å². The van der Waals surface area contributed by atoms with E-state index in [2.05, 4.69) is 52.7 Å². The van der Waals surface area contributed by atoms with Crippen LogP contribution in [-0.4, -0.2) is 45.3 Å². The molecule has 1 unspecified atom stereocenters. The van der Waals surface area contributed by atoms with Gasteiger partial charge >= 0.3 is 0 Å². The summed E-state index contributed by atoms with van der Waals surface area (Å²) in [4.78, 5) is 6.94. The molecular formula is C15H29N5. The fourth-order valence-electron chi connectivity index (χ4n) is 2.87. The minimum absolute atomic E-state index is 0.604. The summed E-state index contributed by atoms with van der Waals surface area (Å²) in [5.74, 6) is 2.45. The first-order chi connectivity index (χ1) is 9.54. The minimum Gasteiger partial charge on any atom is -0.311 e. The predicted molar refractivity (Wildman–Crippen MR) is 81.4 cm³/mol. The van der Waals surface area contributed by atoms with E-state index in [0.717, 1.165) is 44.5 Å². The molecule has 5 heteroatoms. The van der Waals surface area contributed by atoms with Gasteiger partial charge in [0.05, 0.1) is 6.54 Å². The van der Waals surface area contributed by atoms with Crippen molar-refractivity contribution < 1.29 is 0 Å². The Morgan fingerprint density at radius 3 is 2.80 bits per heavy atom. The lowest BCUT2D eigenvalue weighted by molar-refractivity contribution is 0.173. The molecule has 2 heterocycles. The molecule has 1 saturated heterocycles. The molecule has 0 aromatic carbocycles. The molecule has 0 bridgehead atoms. The lowest BCUT2D eigenvalue weighted by Gasteiger charge is -2.34. The molecule has 0 radical (unpaired) electrons. The molecule has 1 aromatic rings. The van der Waals surface area contributed by atoms with Gasteiger partial charge in [0.1, 0.15) is 12.2 Å². The van der Waals surface area contributed by atoms with Crippen LogP contribution in [0.5, 0.6) is 0 Å². The molecule has 0 spiro atoms. The molecule has 0 aliphatic carbocycles. The molecule has 0 saturated carbocycles. The number of hydrogen-bond acceptors (Lipinski definition) is 4. The summed E-state index contributed by atoms with van der Waals surface area (Å²) in [5, 5.41) is 7.97. The van der Waals surface area contributed by atoms with Gasteiger partial charge in [-0.3, -0.25) is 4.90 Å². The number of piperazine rings is 1. The highest BCUT2D eigenvalue weighted by Crippen LogP contribution is 2.12. The van der Waals surface area contributed by atoms with Crippen molar-refractivity contribution in [3.8, 4) is 0 Å². The second kappa shape index (κ2) is 7.18. The van der Waals surface area contributed by atoms with Crippen molar-refractivity contribution in [3.05, 3.63) is 12.2 Å². The van der Waals surface area contributed by atoms with Crippen LogP contribution in [0.3, 0.4) is 0 Å². The van der Waals surface area contributed by atoms with Crippen molar-refractivity contribution in [2.75, 3.05) is 19.6 Å². The highest BCUT2D eigenvalue weighted by Gasteiger charge is 2.21. The summed E-state index contributed by atoms with van der Waals surface area (Å²) < 4.78 is 2.06. The van der Waals surface area contributed by atoms with Gasteiger partial charge in [0.2, 0.25) is 0 Å². The Bertz CT molecular complexity index is 399. The maximum absolute atomic E-state index is 4.44. The first-order valence-electron chi connectivity index (χ1n) is 7.87. The van der Waals surface area contributed by atoms with E-state index in [0.29, 0.717) is 12.0 Å². The lowest BCUT2D eigenvalue weighted by Crippen LogP contribution is -2.50. The van der Waals surface area contributed by atoms with Crippen LogP contribution in [0.15, 0.2) is 6.33 Å². The zero-order valence-corrected chi connectivity index (χ0v) is 13.3. The van der Waals surface area contributed by atoms with Gasteiger partial charge in [-0.1, -0.05) is 27.7 Å². The fraction of sp³-hybridized carbons (Fsp3) is 0.867. The normalized spacial score (nSPS) is 21.0. The number of hydrogen-bond donors (Lipinski definition) is 1. The van der Waals surface area contributed by atoms with E-state index in [1.54, 1.807) is 6.33 Å². The van der Waals surface area contributed by atoms with Crippen LogP contribution in [0.4, 0.5) is 0 Å². The second-order valence-corrected chi connectivity index (χ2v) is 6.77. The number of nitrogens with zero attached hydrogens (tertiary/aromatic N) is 4. The zero-order chi connectivity index (χ0) is 14.5. The first-order valence-corrected chi connectivity index (χ1v) is 7.87. The van der Waals surface area contributed by atoms with Crippen molar-refractivity contribution in [2.45, 2.75) is 53.2 Å². The van der Waals surface area contributed by atoms with Crippen LogP contribution in [0.25, 0.3) is 0 Å². The topological polar surface area (TPSA) is 46.0 Å². The molecule has 1 aromatic heterocycles. The molecule has 2 rings (SSSR count). The molecule has 5 nitrogen and oxygen atoms in total. The van der Waals surface area contributed by atoms with Gasteiger partial charge in [0.25, 0.3) is 0 Å². The number of aromatic nitrogens is 3. The second-order valence-electron chi connectivity index (χ2n) is 6.77. The highest BCUT2D eigenvalue weighted by atomic mass is 15.4. The average molecular weight is 279 g/mol. The summed E-state index contributed by atoms with van der Waals surface area (Å²) in [6.45, 7) is 14.2. The monoisotopic (exact) mass is 279 g/mol. The molecular weight excluding hydrogens is 250 g/mol. The van der Waals surface area contributed by atoms with E-state index in [-0.39, 0.29) is 0 Å². The van der Waals surface area contributed by atoms with E-state index in [4.69, 9.17) is 0 Å². The Morgan fingerprint density at radius 1 is 1.30 bits per heavy atom. The summed E-state index contributed by atoms with van der Waals surface area (Å²) in [6, 6.07) is 0.616. The number of nitrogens with one attached hydrogen (secondary N) is 1. The Hall–Kier alpha value is -0.940. The van der Waals surface area contributed by atoms with E-state index in [1.807, 2.05) is 0 Å². The fourth-order valence-corrected chi connectivity index (χ4v) is 2.87. The first kappa shape index (κ1) is 15.4. The molecule has 20 heavy (non-hydrogen) atoms. The SMILES string of the molecule is CC(C)CC1CN(Cc2ncnn2CC(C)C)CCN1. The van der Waals surface area contributed by atoms with Crippen molar-refractivity contribution >= 4 is 0 Å². The Balaban J connectivity index is 1.91. The van der Waals surface area contributed by atoms with Gasteiger partial charge in [-0.05, 0) is 18.3 Å². The van der Waals surface area contributed by atoms with Crippen molar-refractivity contribution in [1.82, 2.24) is 25.0 Å². The quantitative estimate of drug-likeness (QED) is 0.862. The van der Waals surface area contributed by atoms with Gasteiger partial charge in [0.15, 0.2) is 0 Å². The van der Waals surface area contributed by atoms with E-state index in [9.17, 15) is 0 Å². The smallest absolute Gasteiger partial charge is 0.141 e. The molecule has 1 aliphatic rings. The molecule has 1 atom stereocenters. The van der Waals surface area contributed by atoms with E-state index >= 15 is 0 Å². The summed E-state index contributed by atoms with van der Waals surface area (Å²) >= 11 is 0. The standard InChI is InChI=1S/C15H29N5/c1-12(2)7-14-9-19(6-5-16-14)10-15-17-11-18-20(15)8-13(3)4/h11-14,16H,5-10H2,1-4H3. The molecule has 114 valence electrons. The molecule has 1 aliphatic heterocycles. The molecule has 0 amide bonds. The van der Waals surface area contributed by atoms with Crippen LogP contribution >= 0.6 is 0 Å². The van der Waals surface area contributed by atoms with Crippen LogP contribution in [0.1, 0.15) is 39.9 Å². The minimum atomic E-state index is 0.604. The lowest BCUT2D eigenvalue weighted by atomic mass is 10.0. The third-order valence-electron chi connectivity index (χ3n) is 3.69. The zero-order valence-electron chi connectivity index (χ0n) is 13.3. The van der Waals surface area contributed by atoms with Crippen molar-refractivity contribution in [1.29, 1.82) is 0 Å². The average Bonchev–Trinajstić information content (AvgIpc) is 2.75. The van der Waals surface area contributed by atoms with Gasteiger partial charge in [-0.25, -0.2) is 9.67 Å². The van der Waals surface area contributed by atoms with Gasteiger partial charge in [-0.15, -0.1) is 0 Å². The van der Waals surface area contributed by atoms with Gasteiger partial charge in [-0.2, -0.15) is 5.10 Å². The molecule has 1 N–H and O–H groups in total.